The normalized spacial score (nSPS) is 11.1. The molecule has 0 unspecified atom stereocenters. The topological polar surface area (TPSA) is 70.3 Å². The van der Waals surface area contributed by atoms with Crippen molar-refractivity contribution < 1.29 is 19.0 Å². The van der Waals surface area contributed by atoms with Crippen LogP contribution in [0.1, 0.15) is 27.0 Å². The van der Waals surface area contributed by atoms with Gasteiger partial charge in [0, 0.05) is 0 Å². The second kappa shape index (κ2) is 9.70. The van der Waals surface area contributed by atoms with Crippen molar-refractivity contribution in [2.45, 2.75) is 6.61 Å². The van der Waals surface area contributed by atoms with Crippen LogP contribution in [0.3, 0.4) is 0 Å². The van der Waals surface area contributed by atoms with Crippen molar-refractivity contribution in [3.63, 3.8) is 0 Å². The number of allylic oxidation sites excluding steroid dienone is 1. The zero-order valence-electron chi connectivity index (χ0n) is 15.4. The molecule has 0 heterocycles. The van der Waals surface area contributed by atoms with Crippen LogP contribution in [-0.2, 0) is 6.61 Å². The molecule has 0 aliphatic rings. The molecule has 30 heavy (non-hydrogen) atoms. The van der Waals surface area contributed by atoms with Crippen LogP contribution in [0.2, 0.25) is 0 Å². The second-order valence-electron chi connectivity index (χ2n) is 6.28. The first-order chi connectivity index (χ1) is 14.4. The summed E-state index contributed by atoms with van der Waals surface area (Å²) >= 11 is 6.97. The van der Waals surface area contributed by atoms with Crippen molar-refractivity contribution in [2.75, 3.05) is 0 Å². The van der Waals surface area contributed by atoms with Crippen LogP contribution in [-0.4, -0.2) is 11.1 Å². The first-order valence-electron chi connectivity index (χ1n) is 8.69. The third kappa shape index (κ3) is 5.35. The van der Waals surface area contributed by atoms with Crippen LogP contribution in [0.4, 0.5) is 4.39 Å². The number of hydrogen-bond donors (Lipinski definition) is 1. The van der Waals surface area contributed by atoms with Crippen molar-refractivity contribution in [3.8, 4) is 11.8 Å². The van der Waals surface area contributed by atoms with Gasteiger partial charge in [0.25, 0.3) is 0 Å². The zero-order chi connectivity index (χ0) is 21.7. The number of rotatable bonds is 6. The third-order valence-electron chi connectivity index (χ3n) is 4.19. The number of ether oxygens (including phenoxy) is 1. The molecule has 3 aromatic carbocycles. The fourth-order valence-corrected chi connectivity index (χ4v) is 4.13. The van der Waals surface area contributed by atoms with Crippen LogP contribution in [0.5, 0.6) is 5.75 Å². The maximum atomic E-state index is 13.0. The third-order valence-corrected chi connectivity index (χ3v) is 5.37. The quantitative estimate of drug-likeness (QED) is 0.284. The number of halogens is 3. The van der Waals surface area contributed by atoms with Gasteiger partial charge in [-0.25, -0.2) is 9.18 Å². The highest BCUT2D eigenvalue weighted by molar-refractivity contribution is 9.11. The van der Waals surface area contributed by atoms with Gasteiger partial charge < -0.3 is 9.84 Å². The second-order valence-corrected chi connectivity index (χ2v) is 7.99. The summed E-state index contributed by atoms with van der Waals surface area (Å²) in [6.45, 7) is 0.270. The molecule has 0 aliphatic carbocycles. The molecule has 0 aromatic heterocycles. The van der Waals surface area contributed by atoms with Crippen molar-refractivity contribution in [2.24, 2.45) is 0 Å². The molecule has 0 fully saturated rings. The van der Waals surface area contributed by atoms with E-state index in [0.717, 1.165) is 11.1 Å². The predicted molar refractivity (Wildman–Crippen MR) is 119 cm³/mol. The Hall–Kier alpha value is -2.95. The van der Waals surface area contributed by atoms with Crippen LogP contribution in [0.25, 0.3) is 11.6 Å². The van der Waals surface area contributed by atoms with E-state index < -0.39 is 5.97 Å². The molecule has 0 spiro atoms. The van der Waals surface area contributed by atoms with Gasteiger partial charge in [-0.1, -0.05) is 24.3 Å². The summed E-state index contributed by atoms with van der Waals surface area (Å²) in [7, 11) is 0. The number of nitriles is 1. The molecular weight excluding hydrogens is 517 g/mol. The van der Waals surface area contributed by atoms with Gasteiger partial charge >= 0.3 is 5.97 Å². The van der Waals surface area contributed by atoms with Crippen molar-refractivity contribution in [1.29, 1.82) is 5.26 Å². The fraction of sp³-hybridized carbons (Fsp3) is 0.0435. The highest BCUT2D eigenvalue weighted by atomic mass is 79.9. The SMILES string of the molecule is N#C/C(=C/c1cc(Br)c(OCc2ccc(F)cc2)c(Br)c1)c1ccc(C(=O)O)cc1. The first-order valence-corrected chi connectivity index (χ1v) is 10.3. The lowest BCUT2D eigenvalue weighted by Crippen LogP contribution is -1.97. The molecule has 3 rings (SSSR count). The molecule has 7 heteroatoms. The molecule has 0 saturated carbocycles. The van der Waals surface area contributed by atoms with E-state index in [1.807, 2.05) is 12.1 Å². The van der Waals surface area contributed by atoms with Crippen molar-refractivity contribution in [3.05, 3.63) is 97.7 Å². The molecule has 0 aliphatic heterocycles. The molecule has 150 valence electrons. The van der Waals surface area contributed by atoms with Gasteiger partial charge in [0.15, 0.2) is 0 Å². The summed E-state index contributed by atoms with van der Waals surface area (Å²) < 4.78 is 20.2. The number of carbonyl (C=O) groups is 1. The van der Waals surface area contributed by atoms with E-state index in [-0.39, 0.29) is 18.0 Å². The first kappa shape index (κ1) is 21.8. The Balaban J connectivity index is 1.83. The minimum absolute atomic E-state index is 0.157. The van der Waals surface area contributed by atoms with Crippen LogP contribution >= 0.6 is 31.9 Å². The van der Waals surface area contributed by atoms with E-state index in [1.165, 1.54) is 24.3 Å². The molecule has 4 nitrogen and oxygen atoms in total. The number of nitrogens with zero attached hydrogens (tertiary/aromatic N) is 1. The maximum absolute atomic E-state index is 13.0. The Morgan fingerprint density at radius 3 is 2.13 bits per heavy atom. The van der Waals surface area contributed by atoms with Crippen molar-refractivity contribution in [1.82, 2.24) is 0 Å². The summed E-state index contributed by atoms with van der Waals surface area (Å²) in [6.07, 6.45) is 1.70. The Morgan fingerprint density at radius 1 is 1.03 bits per heavy atom. The number of aromatic carboxylic acids is 1. The van der Waals surface area contributed by atoms with Gasteiger partial charge in [-0.3, -0.25) is 0 Å². The lowest BCUT2D eigenvalue weighted by molar-refractivity contribution is 0.0697. The van der Waals surface area contributed by atoms with Crippen molar-refractivity contribution >= 4 is 49.5 Å². The van der Waals surface area contributed by atoms with Gasteiger partial charge in [-0.05, 0) is 91.0 Å². The van der Waals surface area contributed by atoms with Crippen LogP contribution in [0, 0.1) is 17.1 Å². The Kier molecular flexibility index (Phi) is 7.03. The lowest BCUT2D eigenvalue weighted by Gasteiger charge is -2.12. The summed E-state index contributed by atoms with van der Waals surface area (Å²) in [5, 5.41) is 18.5. The van der Waals surface area contributed by atoms with Gasteiger partial charge in [-0.15, -0.1) is 0 Å². The average molecular weight is 531 g/mol. The Bertz CT molecular complexity index is 1130. The summed E-state index contributed by atoms with van der Waals surface area (Å²) in [6, 6.07) is 18.0. The maximum Gasteiger partial charge on any atom is 0.335 e. The van der Waals surface area contributed by atoms with Gasteiger partial charge in [0.2, 0.25) is 0 Å². The Labute approximate surface area is 189 Å². The highest BCUT2D eigenvalue weighted by Gasteiger charge is 2.11. The number of carboxylic acids is 1. The molecular formula is C23H14Br2FNO3. The van der Waals surface area contributed by atoms with E-state index in [0.29, 0.717) is 25.8 Å². The molecule has 0 radical (unpaired) electrons. The van der Waals surface area contributed by atoms with Crippen LogP contribution < -0.4 is 4.74 Å². The standard InChI is InChI=1S/C23H14Br2FNO3/c24-20-10-15(9-18(12-27)16-3-5-17(6-4-16)23(28)29)11-21(25)22(20)30-13-14-1-7-19(26)8-2-14/h1-11H,13H2,(H,28,29)/b18-9-. The number of benzene rings is 3. The van der Waals surface area contributed by atoms with E-state index >= 15 is 0 Å². The fourth-order valence-electron chi connectivity index (χ4n) is 2.68. The van der Waals surface area contributed by atoms with E-state index in [2.05, 4.69) is 37.9 Å². The number of carboxylic acid groups (broad SMARTS) is 1. The van der Waals surface area contributed by atoms with Gasteiger partial charge in [0.1, 0.15) is 18.2 Å². The largest absolute Gasteiger partial charge is 0.487 e. The smallest absolute Gasteiger partial charge is 0.335 e. The number of hydrogen-bond acceptors (Lipinski definition) is 3. The predicted octanol–water partition coefficient (Wildman–Crippen LogP) is 6.69. The Morgan fingerprint density at radius 2 is 1.60 bits per heavy atom. The van der Waals surface area contributed by atoms with E-state index in [4.69, 9.17) is 9.84 Å². The highest BCUT2D eigenvalue weighted by Crippen LogP contribution is 2.36. The average Bonchev–Trinajstić information content (AvgIpc) is 2.73. The monoisotopic (exact) mass is 529 g/mol. The molecule has 0 amide bonds. The minimum atomic E-state index is -1.02. The molecule has 1 N–H and O–H groups in total. The van der Waals surface area contributed by atoms with Gasteiger partial charge in [-0.2, -0.15) is 5.26 Å². The minimum Gasteiger partial charge on any atom is -0.487 e. The zero-order valence-corrected chi connectivity index (χ0v) is 18.6. The lowest BCUT2D eigenvalue weighted by atomic mass is 10.0. The molecule has 0 bridgehead atoms. The summed E-state index contributed by atoms with van der Waals surface area (Å²) in [5.74, 6) is -0.739. The molecule has 0 atom stereocenters. The summed E-state index contributed by atoms with van der Waals surface area (Å²) in [4.78, 5) is 11.0. The van der Waals surface area contributed by atoms with Gasteiger partial charge in [0.05, 0.1) is 26.2 Å². The molecule has 0 saturated heterocycles. The van der Waals surface area contributed by atoms with E-state index in [1.54, 1.807) is 30.3 Å². The van der Waals surface area contributed by atoms with E-state index in [9.17, 15) is 14.4 Å². The van der Waals surface area contributed by atoms with Crippen LogP contribution in [0.15, 0.2) is 69.6 Å². The molecule has 3 aromatic rings. The summed E-state index contributed by atoms with van der Waals surface area (Å²) in [5.41, 5.74) is 2.75.